The van der Waals surface area contributed by atoms with E-state index in [9.17, 15) is 9.59 Å². The van der Waals surface area contributed by atoms with E-state index >= 15 is 0 Å². The van der Waals surface area contributed by atoms with Crippen molar-refractivity contribution in [2.24, 2.45) is 0 Å². The standard InChI is InChI=1S/C21H26N4O3.2H2/c1-13-7-6-8-15(11-13)12-25-16-9-10-17(23-20(27)24-21(3,4)5)22-18(16)28-14(2)19(25)26;;/h6-11,14H,12H2,1-5H3,(H2,22,23,24,27);2*1H/t14-;;/m0../s1. The van der Waals surface area contributed by atoms with Gasteiger partial charge in [0.2, 0.25) is 5.88 Å². The van der Waals surface area contributed by atoms with Gasteiger partial charge in [0.05, 0.1) is 6.54 Å². The van der Waals surface area contributed by atoms with Crippen molar-refractivity contribution in [3.05, 3.63) is 47.5 Å². The minimum Gasteiger partial charge on any atom is -0.463 e. The second-order valence-electron chi connectivity index (χ2n) is 8.02. The van der Waals surface area contributed by atoms with Gasteiger partial charge in [-0.3, -0.25) is 15.0 Å². The third-order valence-electron chi connectivity index (χ3n) is 4.19. The Kier molecular flexibility index (Phi) is 5.27. The number of nitrogens with one attached hydrogen (secondary N) is 2. The number of fused-ring (bicyclic) bond motifs is 1. The van der Waals surface area contributed by atoms with E-state index < -0.39 is 6.10 Å². The molecule has 7 heteroatoms. The molecule has 0 unspecified atom stereocenters. The Morgan fingerprint density at radius 1 is 1.29 bits per heavy atom. The number of ether oxygens (including phenoxy) is 1. The van der Waals surface area contributed by atoms with Crippen LogP contribution in [-0.2, 0) is 11.3 Å². The Morgan fingerprint density at radius 2 is 2.04 bits per heavy atom. The highest BCUT2D eigenvalue weighted by atomic mass is 16.5. The lowest BCUT2D eigenvalue weighted by Crippen LogP contribution is -2.44. The van der Waals surface area contributed by atoms with Crippen LogP contribution in [0.4, 0.5) is 16.3 Å². The predicted octanol–water partition coefficient (Wildman–Crippen LogP) is 4.12. The number of carbonyl (C=O) groups excluding carboxylic acids is 2. The largest absolute Gasteiger partial charge is 0.463 e. The third-order valence-corrected chi connectivity index (χ3v) is 4.19. The maximum absolute atomic E-state index is 12.7. The highest BCUT2D eigenvalue weighted by Gasteiger charge is 2.33. The lowest BCUT2D eigenvalue weighted by atomic mass is 10.1. The number of aryl methyl sites for hydroxylation is 1. The SMILES string of the molecule is Cc1cccc(CN2C(=O)[C@H](C)Oc3nc(NC(=O)NC(C)(C)C)ccc32)c1.[HH].[HH]. The van der Waals surface area contributed by atoms with Gasteiger partial charge in [-0.1, -0.05) is 29.8 Å². The van der Waals surface area contributed by atoms with Crippen LogP contribution in [0.5, 0.6) is 5.88 Å². The fourth-order valence-electron chi connectivity index (χ4n) is 3.00. The number of pyridine rings is 1. The normalized spacial score (nSPS) is 16.2. The van der Waals surface area contributed by atoms with Gasteiger partial charge in [-0.25, -0.2) is 4.79 Å². The fourth-order valence-corrected chi connectivity index (χ4v) is 3.00. The van der Waals surface area contributed by atoms with Gasteiger partial charge >= 0.3 is 6.03 Å². The number of carbonyl (C=O) groups is 2. The Hall–Kier alpha value is -3.09. The van der Waals surface area contributed by atoms with Crippen LogP contribution in [0.2, 0.25) is 0 Å². The van der Waals surface area contributed by atoms with Crippen molar-refractivity contribution in [3.63, 3.8) is 0 Å². The first-order valence-electron chi connectivity index (χ1n) is 9.26. The molecule has 0 saturated carbocycles. The minimum absolute atomic E-state index is 0. The Morgan fingerprint density at radius 3 is 2.71 bits per heavy atom. The van der Waals surface area contributed by atoms with Crippen LogP contribution in [0.25, 0.3) is 0 Å². The number of rotatable bonds is 3. The molecule has 0 fully saturated rings. The molecule has 1 aliphatic heterocycles. The summed E-state index contributed by atoms with van der Waals surface area (Å²) >= 11 is 0. The number of nitrogens with zero attached hydrogens (tertiary/aromatic N) is 2. The molecule has 0 aliphatic carbocycles. The van der Waals surface area contributed by atoms with Crippen molar-refractivity contribution in [2.45, 2.75) is 52.8 Å². The maximum Gasteiger partial charge on any atom is 0.320 e. The first-order chi connectivity index (χ1) is 13.1. The fraction of sp³-hybridized carbons (Fsp3) is 0.381. The summed E-state index contributed by atoms with van der Waals surface area (Å²) in [6.07, 6.45) is -0.650. The van der Waals surface area contributed by atoms with Crippen LogP contribution in [-0.4, -0.2) is 28.6 Å². The summed E-state index contributed by atoms with van der Waals surface area (Å²) in [4.78, 5) is 30.8. The van der Waals surface area contributed by atoms with Gasteiger partial charge in [0.1, 0.15) is 11.5 Å². The average molecular weight is 386 g/mol. The van der Waals surface area contributed by atoms with Crippen LogP contribution in [0.1, 0.15) is 41.7 Å². The number of amides is 3. The molecule has 2 aromatic rings. The summed E-state index contributed by atoms with van der Waals surface area (Å²) in [7, 11) is 0. The van der Waals surface area contributed by atoms with E-state index in [4.69, 9.17) is 4.74 Å². The van der Waals surface area contributed by atoms with E-state index in [1.165, 1.54) is 0 Å². The highest BCUT2D eigenvalue weighted by Crippen LogP contribution is 2.34. The van der Waals surface area contributed by atoms with E-state index in [2.05, 4.69) is 15.6 Å². The molecule has 28 heavy (non-hydrogen) atoms. The average Bonchev–Trinajstić information content (AvgIpc) is 2.57. The van der Waals surface area contributed by atoms with Crippen molar-refractivity contribution in [1.82, 2.24) is 10.3 Å². The summed E-state index contributed by atoms with van der Waals surface area (Å²) in [6.45, 7) is 9.83. The number of benzene rings is 1. The number of urea groups is 1. The summed E-state index contributed by atoms with van der Waals surface area (Å²) in [5, 5.41) is 5.52. The molecule has 7 nitrogen and oxygen atoms in total. The van der Waals surface area contributed by atoms with Gasteiger partial charge in [0, 0.05) is 8.39 Å². The lowest BCUT2D eigenvalue weighted by Gasteiger charge is -2.32. The molecule has 1 aromatic heterocycles. The molecule has 1 atom stereocenters. The maximum atomic E-state index is 12.7. The Balaban J connectivity index is 0.00000225. The van der Waals surface area contributed by atoms with Crippen molar-refractivity contribution in [1.29, 1.82) is 0 Å². The zero-order valence-corrected chi connectivity index (χ0v) is 16.9. The second kappa shape index (κ2) is 7.50. The molecule has 0 radical (unpaired) electrons. The highest BCUT2D eigenvalue weighted by molar-refractivity contribution is 5.99. The number of hydrogen-bond acceptors (Lipinski definition) is 4. The second-order valence-corrected chi connectivity index (χ2v) is 8.02. The molecule has 0 bridgehead atoms. The van der Waals surface area contributed by atoms with Crippen LogP contribution in [0, 0.1) is 6.92 Å². The number of hydrogen-bond donors (Lipinski definition) is 2. The van der Waals surface area contributed by atoms with Gasteiger partial charge in [-0.15, -0.1) is 0 Å². The third kappa shape index (κ3) is 4.60. The number of anilines is 2. The minimum atomic E-state index is -0.650. The smallest absolute Gasteiger partial charge is 0.320 e. The lowest BCUT2D eigenvalue weighted by molar-refractivity contribution is -0.125. The Labute approximate surface area is 168 Å². The van der Waals surface area contributed by atoms with E-state index in [1.54, 1.807) is 24.0 Å². The summed E-state index contributed by atoms with van der Waals surface area (Å²) < 4.78 is 5.68. The van der Waals surface area contributed by atoms with E-state index in [-0.39, 0.29) is 20.3 Å². The first kappa shape index (κ1) is 19.7. The summed E-state index contributed by atoms with van der Waals surface area (Å²) in [5.74, 6) is 0.563. The van der Waals surface area contributed by atoms with Gasteiger partial charge < -0.3 is 10.1 Å². The molecule has 2 N–H and O–H groups in total. The topological polar surface area (TPSA) is 83.6 Å². The molecular formula is C21H30N4O3. The molecule has 152 valence electrons. The molecule has 0 saturated heterocycles. The van der Waals surface area contributed by atoms with Gasteiger partial charge in [0.15, 0.2) is 6.10 Å². The molecule has 3 rings (SSSR count). The molecule has 1 aliphatic rings. The predicted molar refractivity (Wildman–Crippen MR) is 113 cm³/mol. The quantitative estimate of drug-likeness (QED) is 0.831. The molecule has 0 spiro atoms. The monoisotopic (exact) mass is 386 g/mol. The van der Waals surface area contributed by atoms with Crippen molar-refractivity contribution >= 4 is 23.4 Å². The van der Waals surface area contributed by atoms with Gasteiger partial charge in [-0.05, 0) is 52.3 Å². The van der Waals surface area contributed by atoms with Crippen molar-refractivity contribution in [3.8, 4) is 5.88 Å². The molecule has 3 amide bonds. The number of aromatic nitrogens is 1. The van der Waals surface area contributed by atoms with Crippen LogP contribution >= 0.6 is 0 Å². The molecule has 1 aromatic carbocycles. The molecule has 2 heterocycles. The summed E-state index contributed by atoms with van der Waals surface area (Å²) in [5.41, 5.74) is 2.39. The Bertz CT molecular complexity index is 915. The van der Waals surface area contributed by atoms with Crippen LogP contribution < -0.4 is 20.3 Å². The van der Waals surface area contributed by atoms with Crippen molar-refractivity contribution in [2.75, 3.05) is 10.2 Å². The van der Waals surface area contributed by atoms with Crippen molar-refractivity contribution < 1.29 is 17.2 Å². The molecular weight excluding hydrogens is 356 g/mol. The zero-order valence-electron chi connectivity index (χ0n) is 16.9. The zero-order chi connectivity index (χ0) is 20.5. The van der Waals surface area contributed by atoms with Crippen LogP contribution in [0.3, 0.4) is 0 Å². The van der Waals surface area contributed by atoms with Gasteiger partial charge in [0.25, 0.3) is 5.91 Å². The summed E-state index contributed by atoms with van der Waals surface area (Å²) in [6, 6.07) is 11.1. The van der Waals surface area contributed by atoms with E-state index in [0.29, 0.717) is 23.9 Å². The van der Waals surface area contributed by atoms with E-state index in [0.717, 1.165) is 11.1 Å². The van der Waals surface area contributed by atoms with Crippen LogP contribution in [0.15, 0.2) is 36.4 Å². The van der Waals surface area contributed by atoms with Gasteiger partial charge in [-0.2, -0.15) is 4.98 Å². The first-order valence-corrected chi connectivity index (χ1v) is 9.26. The van der Waals surface area contributed by atoms with E-state index in [1.807, 2.05) is 52.0 Å².